The maximum atomic E-state index is 13.0. The van der Waals surface area contributed by atoms with E-state index < -0.39 is 17.7 Å². The van der Waals surface area contributed by atoms with Crippen LogP contribution in [0.5, 0.6) is 5.75 Å². The predicted octanol–water partition coefficient (Wildman–Crippen LogP) is 2.49. The summed E-state index contributed by atoms with van der Waals surface area (Å²) in [6.45, 7) is 0.833. The third kappa shape index (κ3) is 6.61. The van der Waals surface area contributed by atoms with Crippen LogP contribution in [-0.4, -0.2) is 54.1 Å². The van der Waals surface area contributed by atoms with Crippen molar-refractivity contribution in [3.05, 3.63) is 29.8 Å². The number of carbonyl (C=O) groups excluding carboxylic acids is 3. The number of rotatable bonds is 7. The first kappa shape index (κ1) is 25.0. The molecule has 0 bridgehead atoms. The molecule has 2 amide bonds. The molecule has 1 saturated carbocycles. The Balaban J connectivity index is 0.00000341. The number of amides is 2. The molecule has 0 spiro atoms. The molecule has 0 aromatic heterocycles. The maximum absolute atomic E-state index is 13.0. The molecular weight excluding hydrogens is 440 g/mol. The van der Waals surface area contributed by atoms with Gasteiger partial charge in [-0.3, -0.25) is 14.4 Å². The molecule has 2 fully saturated rings. The van der Waals surface area contributed by atoms with E-state index in [0.29, 0.717) is 16.5 Å². The molecule has 8 nitrogen and oxygen atoms in total. The van der Waals surface area contributed by atoms with Crippen LogP contribution in [0.25, 0.3) is 0 Å². The van der Waals surface area contributed by atoms with Gasteiger partial charge in [0.25, 0.3) is 0 Å². The highest BCUT2D eigenvalue weighted by molar-refractivity contribution is 8.14. The van der Waals surface area contributed by atoms with Crippen LogP contribution < -0.4 is 15.5 Å². The summed E-state index contributed by atoms with van der Waals surface area (Å²) in [5.74, 6) is -0.410. The van der Waals surface area contributed by atoms with Gasteiger partial charge in [-0.2, -0.15) is 0 Å². The number of hydrogen-bond donors (Lipinski definition) is 2. The second-order valence-electron chi connectivity index (χ2n) is 7.52. The number of ether oxygens (including phenoxy) is 1. The quantitative estimate of drug-likeness (QED) is 0.471. The van der Waals surface area contributed by atoms with Crippen molar-refractivity contribution in [2.45, 2.75) is 38.1 Å². The molecule has 3 rings (SSSR count). The molecule has 170 valence electrons. The van der Waals surface area contributed by atoms with Crippen molar-refractivity contribution < 1.29 is 19.1 Å². The number of halogens is 1. The molecule has 2 aliphatic rings. The summed E-state index contributed by atoms with van der Waals surface area (Å²) in [6.07, 6.45) is 4.74. The Morgan fingerprint density at radius 1 is 1.16 bits per heavy atom. The molecule has 1 atom stereocenters. The molecule has 1 aromatic rings. The molecule has 31 heavy (non-hydrogen) atoms. The second-order valence-corrected chi connectivity index (χ2v) is 8.58. The van der Waals surface area contributed by atoms with E-state index in [4.69, 9.17) is 4.74 Å². The first-order chi connectivity index (χ1) is 14.5. The topological polar surface area (TPSA) is 100 Å². The third-order valence-corrected chi connectivity index (χ3v) is 6.48. The van der Waals surface area contributed by atoms with Gasteiger partial charge in [0.05, 0.1) is 7.11 Å². The zero-order chi connectivity index (χ0) is 21.5. The standard InChI is InChI=1S/C21H28N4O4S.ClH/c1-25-12-13-30-21(25)24-23-20(28)18(26)17(14-8-10-16(29-2)11-9-14)22-19(27)15-6-4-3-5-7-15;/h8-11,15,17H,3-7,12-13H2,1-2H3,(H,22,27)(H,23,28);1H. The highest BCUT2D eigenvalue weighted by Gasteiger charge is 2.31. The fourth-order valence-electron chi connectivity index (χ4n) is 3.60. The number of carbonyl (C=O) groups is 3. The molecule has 1 aromatic carbocycles. The first-order valence-electron chi connectivity index (χ1n) is 10.2. The molecule has 1 aliphatic carbocycles. The van der Waals surface area contributed by atoms with E-state index in [1.54, 1.807) is 31.4 Å². The number of amidine groups is 1. The molecule has 2 N–H and O–H groups in total. The molecule has 1 saturated heterocycles. The van der Waals surface area contributed by atoms with E-state index in [0.717, 1.165) is 44.4 Å². The monoisotopic (exact) mass is 468 g/mol. The number of Topliss-reactive ketones (excluding diaryl/α,β-unsaturated/α-hetero) is 1. The number of methoxy groups -OCH3 is 1. The van der Waals surface area contributed by atoms with Gasteiger partial charge in [-0.25, -0.2) is 5.43 Å². The van der Waals surface area contributed by atoms with E-state index in [1.165, 1.54) is 11.8 Å². The predicted molar refractivity (Wildman–Crippen MR) is 123 cm³/mol. The summed E-state index contributed by atoms with van der Waals surface area (Å²) in [5, 5.41) is 7.51. The van der Waals surface area contributed by atoms with Crippen LogP contribution in [0.2, 0.25) is 0 Å². The molecule has 10 heteroatoms. The van der Waals surface area contributed by atoms with Crippen LogP contribution in [0.1, 0.15) is 43.7 Å². The molecule has 1 heterocycles. The zero-order valence-electron chi connectivity index (χ0n) is 17.8. The van der Waals surface area contributed by atoms with Gasteiger partial charge in [-0.05, 0) is 30.5 Å². The SMILES string of the molecule is COc1ccc(C(NC(=O)C2CCCCC2)C(=O)C(=O)NN=C2SCCN2C)cc1.Cl. The van der Waals surface area contributed by atoms with Gasteiger partial charge in [0, 0.05) is 25.3 Å². The highest BCUT2D eigenvalue weighted by Crippen LogP contribution is 2.26. The number of ketones is 1. The number of thioether (sulfide) groups is 1. The summed E-state index contributed by atoms with van der Waals surface area (Å²) < 4.78 is 5.16. The van der Waals surface area contributed by atoms with E-state index >= 15 is 0 Å². The van der Waals surface area contributed by atoms with Crippen molar-refractivity contribution in [2.75, 3.05) is 26.5 Å². The Morgan fingerprint density at radius 3 is 2.42 bits per heavy atom. The average Bonchev–Trinajstić information content (AvgIpc) is 3.20. The van der Waals surface area contributed by atoms with Crippen LogP contribution in [0, 0.1) is 5.92 Å². The summed E-state index contributed by atoms with van der Waals surface area (Å²) in [6, 6.07) is 5.69. The fourth-order valence-corrected chi connectivity index (χ4v) is 4.57. The van der Waals surface area contributed by atoms with Gasteiger partial charge in [-0.15, -0.1) is 17.5 Å². The minimum Gasteiger partial charge on any atom is -0.497 e. The minimum atomic E-state index is -1.07. The normalized spacial score (nSPS) is 18.8. The first-order valence-corrected chi connectivity index (χ1v) is 11.2. The van der Waals surface area contributed by atoms with Gasteiger partial charge in [0.15, 0.2) is 5.17 Å². The lowest BCUT2D eigenvalue weighted by atomic mass is 9.88. The molecule has 1 aliphatic heterocycles. The lowest BCUT2D eigenvalue weighted by molar-refractivity contribution is -0.140. The summed E-state index contributed by atoms with van der Waals surface area (Å²) in [5.41, 5.74) is 2.87. The number of hydrogen-bond acceptors (Lipinski definition) is 6. The lowest BCUT2D eigenvalue weighted by Gasteiger charge is -2.24. The zero-order valence-corrected chi connectivity index (χ0v) is 19.4. The van der Waals surface area contributed by atoms with Crippen molar-refractivity contribution in [3.8, 4) is 5.75 Å². The summed E-state index contributed by atoms with van der Waals surface area (Å²) in [4.78, 5) is 40.2. The fraction of sp³-hybridized carbons (Fsp3) is 0.524. The number of nitrogens with zero attached hydrogens (tertiary/aromatic N) is 2. The summed E-state index contributed by atoms with van der Waals surface area (Å²) >= 11 is 1.51. The number of hydrazone groups is 1. The number of nitrogens with one attached hydrogen (secondary N) is 2. The molecule has 0 radical (unpaired) electrons. The minimum absolute atomic E-state index is 0. The third-order valence-electron chi connectivity index (χ3n) is 5.44. The smallest absolute Gasteiger partial charge is 0.310 e. The van der Waals surface area contributed by atoms with Gasteiger partial charge < -0.3 is 15.0 Å². The lowest BCUT2D eigenvalue weighted by Crippen LogP contribution is -2.43. The van der Waals surface area contributed by atoms with Crippen molar-refractivity contribution >= 4 is 46.9 Å². The van der Waals surface area contributed by atoms with Crippen LogP contribution >= 0.6 is 24.2 Å². The Hall–Kier alpha value is -2.26. The van der Waals surface area contributed by atoms with Gasteiger partial charge in [0.1, 0.15) is 11.8 Å². The highest BCUT2D eigenvalue weighted by atomic mass is 35.5. The molecular formula is C21H29ClN4O4S. The summed E-state index contributed by atoms with van der Waals surface area (Å²) in [7, 11) is 3.42. The van der Waals surface area contributed by atoms with Gasteiger partial charge in [-0.1, -0.05) is 43.2 Å². The van der Waals surface area contributed by atoms with Gasteiger partial charge >= 0.3 is 5.91 Å². The van der Waals surface area contributed by atoms with Crippen molar-refractivity contribution in [1.29, 1.82) is 0 Å². The van der Waals surface area contributed by atoms with Crippen LogP contribution in [0.3, 0.4) is 0 Å². The van der Waals surface area contributed by atoms with E-state index in [9.17, 15) is 14.4 Å². The van der Waals surface area contributed by atoms with Crippen LogP contribution in [-0.2, 0) is 14.4 Å². The Morgan fingerprint density at radius 2 is 1.84 bits per heavy atom. The van der Waals surface area contributed by atoms with E-state index in [1.807, 2.05) is 11.9 Å². The van der Waals surface area contributed by atoms with Gasteiger partial charge in [0.2, 0.25) is 11.7 Å². The Kier molecular flexibility index (Phi) is 9.64. The Labute approximate surface area is 192 Å². The van der Waals surface area contributed by atoms with Crippen molar-refractivity contribution in [1.82, 2.24) is 15.6 Å². The van der Waals surface area contributed by atoms with E-state index in [-0.39, 0.29) is 24.2 Å². The average molecular weight is 469 g/mol. The van der Waals surface area contributed by atoms with Crippen LogP contribution in [0.15, 0.2) is 29.4 Å². The van der Waals surface area contributed by atoms with Crippen LogP contribution in [0.4, 0.5) is 0 Å². The van der Waals surface area contributed by atoms with Crippen molar-refractivity contribution in [3.63, 3.8) is 0 Å². The van der Waals surface area contributed by atoms with E-state index in [2.05, 4.69) is 15.8 Å². The second kappa shape index (κ2) is 12.0. The van der Waals surface area contributed by atoms with Crippen molar-refractivity contribution in [2.24, 2.45) is 11.0 Å². The largest absolute Gasteiger partial charge is 0.497 e. The Bertz CT molecular complexity index is 812. The maximum Gasteiger partial charge on any atom is 0.310 e. The number of benzene rings is 1. The molecule has 1 unspecified atom stereocenters.